The molecule has 0 bridgehead atoms. The second kappa shape index (κ2) is 6.30. The molecule has 0 aliphatic rings. The first-order valence-corrected chi connectivity index (χ1v) is 6.61. The van der Waals surface area contributed by atoms with Gasteiger partial charge in [0, 0.05) is 15.4 Å². The highest BCUT2D eigenvalue weighted by molar-refractivity contribution is 9.10. The maximum Gasteiger partial charge on any atom is 0.252 e. The SMILES string of the molecule is CCC(CC)NC(=O)c1cc(S)ccc1Br. The van der Waals surface area contributed by atoms with Crippen LogP contribution in [0.2, 0.25) is 0 Å². The average molecular weight is 302 g/mol. The van der Waals surface area contributed by atoms with Gasteiger partial charge in [-0.05, 0) is 47.0 Å². The van der Waals surface area contributed by atoms with Crippen molar-refractivity contribution >= 4 is 34.5 Å². The van der Waals surface area contributed by atoms with Gasteiger partial charge in [-0.3, -0.25) is 4.79 Å². The van der Waals surface area contributed by atoms with Gasteiger partial charge in [-0.15, -0.1) is 12.6 Å². The number of thiol groups is 1. The fraction of sp³-hybridized carbons (Fsp3) is 0.417. The van der Waals surface area contributed by atoms with Crippen LogP contribution in [0.1, 0.15) is 37.0 Å². The summed E-state index contributed by atoms with van der Waals surface area (Å²) >= 11 is 7.60. The minimum absolute atomic E-state index is 0.0449. The number of benzene rings is 1. The molecule has 2 nitrogen and oxygen atoms in total. The number of rotatable bonds is 4. The zero-order chi connectivity index (χ0) is 12.1. The Kier molecular flexibility index (Phi) is 5.35. The van der Waals surface area contributed by atoms with Crippen molar-refractivity contribution in [1.82, 2.24) is 5.32 Å². The minimum atomic E-state index is -0.0449. The topological polar surface area (TPSA) is 29.1 Å². The Labute approximate surface area is 110 Å². The summed E-state index contributed by atoms with van der Waals surface area (Å²) in [5.41, 5.74) is 0.638. The summed E-state index contributed by atoms with van der Waals surface area (Å²) in [6.07, 6.45) is 1.89. The number of carbonyl (C=O) groups is 1. The highest BCUT2D eigenvalue weighted by Gasteiger charge is 2.13. The van der Waals surface area contributed by atoms with Gasteiger partial charge in [-0.2, -0.15) is 0 Å². The summed E-state index contributed by atoms with van der Waals surface area (Å²) in [5, 5.41) is 3.00. The fourth-order valence-corrected chi connectivity index (χ4v) is 2.07. The molecule has 16 heavy (non-hydrogen) atoms. The van der Waals surface area contributed by atoms with Gasteiger partial charge in [-0.1, -0.05) is 13.8 Å². The van der Waals surface area contributed by atoms with E-state index < -0.39 is 0 Å². The van der Waals surface area contributed by atoms with Crippen LogP contribution in [0, 0.1) is 0 Å². The number of carbonyl (C=O) groups excluding carboxylic acids is 1. The Balaban J connectivity index is 2.83. The van der Waals surface area contributed by atoms with E-state index in [9.17, 15) is 4.79 Å². The van der Waals surface area contributed by atoms with Crippen LogP contribution in [-0.4, -0.2) is 11.9 Å². The molecule has 1 rings (SSSR count). The van der Waals surface area contributed by atoms with Gasteiger partial charge in [0.15, 0.2) is 0 Å². The van der Waals surface area contributed by atoms with Crippen molar-refractivity contribution in [2.75, 3.05) is 0 Å². The number of hydrogen-bond acceptors (Lipinski definition) is 2. The normalized spacial score (nSPS) is 10.6. The molecule has 0 aromatic heterocycles. The predicted molar refractivity (Wildman–Crippen MR) is 73.2 cm³/mol. The van der Waals surface area contributed by atoms with Crippen LogP contribution in [-0.2, 0) is 0 Å². The molecule has 0 spiro atoms. The van der Waals surface area contributed by atoms with Crippen molar-refractivity contribution in [2.24, 2.45) is 0 Å². The zero-order valence-electron chi connectivity index (χ0n) is 9.46. The van der Waals surface area contributed by atoms with E-state index in [0.29, 0.717) is 5.56 Å². The van der Waals surface area contributed by atoms with Crippen molar-refractivity contribution in [1.29, 1.82) is 0 Å². The third-order valence-corrected chi connectivity index (χ3v) is 3.49. The van der Waals surface area contributed by atoms with E-state index in [1.807, 2.05) is 12.1 Å². The predicted octanol–water partition coefficient (Wildman–Crippen LogP) is 3.66. The molecular formula is C12H16BrNOS. The molecule has 0 saturated heterocycles. The molecule has 0 unspecified atom stereocenters. The van der Waals surface area contributed by atoms with Crippen molar-refractivity contribution in [3.8, 4) is 0 Å². The standard InChI is InChI=1S/C12H16BrNOS/c1-3-8(4-2)14-12(15)10-7-9(16)5-6-11(10)13/h5-8,16H,3-4H2,1-2H3,(H,14,15). The summed E-state index contributed by atoms with van der Waals surface area (Å²) in [5.74, 6) is -0.0449. The van der Waals surface area contributed by atoms with Crippen LogP contribution >= 0.6 is 28.6 Å². The quantitative estimate of drug-likeness (QED) is 0.817. The summed E-state index contributed by atoms with van der Waals surface area (Å²) in [7, 11) is 0. The molecule has 4 heteroatoms. The van der Waals surface area contributed by atoms with E-state index in [1.165, 1.54) is 0 Å². The Hall–Kier alpha value is -0.480. The van der Waals surface area contributed by atoms with Gasteiger partial charge >= 0.3 is 0 Å². The number of nitrogens with one attached hydrogen (secondary N) is 1. The summed E-state index contributed by atoms with van der Waals surface area (Å²) in [6, 6.07) is 5.69. The van der Waals surface area contributed by atoms with E-state index in [-0.39, 0.29) is 11.9 Å². The van der Waals surface area contributed by atoms with Crippen LogP contribution in [0.5, 0.6) is 0 Å². The first-order chi connectivity index (χ1) is 7.58. The molecule has 0 saturated carbocycles. The number of amides is 1. The largest absolute Gasteiger partial charge is 0.349 e. The third-order valence-electron chi connectivity index (χ3n) is 2.52. The molecule has 88 valence electrons. The molecular weight excluding hydrogens is 286 g/mol. The Morgan fingerprint density at radius 2 is 2.06 bits per heavy atom. The van der Waals surface area contributed by atoms with Gasteiger partial charge in [0.1, 0.15) is 0 Å². The summed E-state index contributed by atoms with van der Waals surface area (Å²) < 4.78 is 0.800. The number of hydrogen-bond donors (Lipinski definition) is 2. The lowest BCUT2D eigenvalue weighted by Crippen LogP contribution is -2.34. The Bertz CT molecular complexity index is 377. The molecule has 0 aliphatic carbocycles. The second-order valence-corrected chi connectivity index (χ2v) is 5.02. The van der Waals surface area contributed by atoms with E-state index in [4.69, 9.17) is 0 Å². The molecule has 1 aromatic rings. The third kappa shape index (κ3) is 3.52. The van der Waals surface area contributed by atoms with Crippen LogP contribution < -0.4 is 5.32 Å². The molecule has 1 amide bonds. The van der Waals surface area contributed by atoms with E-state index in [1.54, 1.807) is 6.07 Å². The molecule has 0 fully saturated rings. The van der Waals surface area contributed by atoms with Crippen molar-refractivity contribution in [3.05, 3.63) is 28.2 Å². The van der Waals surface area contributed by atoms with Crippen molar-refractivity contribution in [3.63, 3.8) is 0 Å². The van der Waals surface area contributed by atoms with E-state index in [2.05, 4.69) is 47.7 Å². The Morgan fingerprint density at radius 1 is 1.44 bits per heavy atom. The van der Waals surface area contributed by atoms with Crippen LogP contribution in [0.25, 0.3) is 0 Å². The molecule has 0 atom stereocenters. The van der Waals surface area contributed by atoms with Crippen molar-refractivity contribution < 1.29 is 4.79 Å². The molecule has 0 heterocycles. The molecule has 1 N–H and O–H groups in total. The van der Waals surface area contributed by atoms with Crippen LogP contribution in [0.15, 0.2) is 27.6 Å². The van der Waals surface area contributed by atoms with E-state index in [0.717, 1.165) is 22.2 Å². The van der Waals surface area contributed by atoms with Gasteiger partial charge < -0.3 is 5.32 Å². The molecule has 0 radical (unpaired) electrons. The highest BCUT2D eigenvalue weighted by atomic mass is 79.9. The monoisotopic (exact) mass is 301 g/mol. The van der Waals surface area contributed by atoms with Gasteiger partial charge in [-0.25, -0.2) is 0 Å². The smallest absolute Gasteiger partial charge is 0.252 e. The van der Waals surface area contributed by atoms with Crippen LogP contribution in [0.4, 0.5) is 0 Å². The molecule has 0 aliphatic heterocycles. The first-order valence-electron chi connectivity index (χ1n) is 5.37. The lowest BCUT2D eigenvalue weighted by atomic mass is 10.1. The van der Waals surface area contributed by atoms with Gasteiger partial charge in [0.25, 0.3) is 5.91 Å². The maximum atomic E-state index is 12.0. The lowest BCUT2D eigenvalue weighted by molar-refractivity contribution is 0.0934. The van der Waals surface area contributed by atoms with Crippen LogP contribution in [0.3, 0.4) is 0 Å². The lowest BCUT2D eigenvalue weighted by Gasteiger charge is -2.15. The average Bonchev–Trinajstić information content (AvgIpc) is 2.28. The van der Waals surface area contributed by atoms with Crippen molar-refractivity contribution in [2.45, 2.75) is 37.6 Å². The first kappa shape index (κ1) is 13.6. The molecule has 1 aromatic carbocycles. The number of halogens is 1. The highest BCUT2D eigenvalue weighted by Crippen LogP contribution is 2.20. The van der Waals surface area contributed by atoms with Gasteiger partial charge in [0.2, 0.25) is 0 Å². The summed E-state index contributed by atoms with van der Waals surface area (Å²) in [4.78, 5) is 12.8. The second-order valence-electron chi connectivity index (χ2n) is 3.65. The van der Waals surface area contributed by atoms with E-state index >= 15 is 0 Å². The maximum absolute atomic E-state index is 12.0. The Morgan fingerprint density at radius 3 is 2.62 bits per heavy atom. The minimum Gasteiger partial charge on any atom is -0.349 e. The fourth-order valence-electron chi connectivity index (χ4n) is 1.44. The van der Waals surface area contributed by atoms with Gasteiger partial charge in [0.05, 0.1) is 5.56 Å². The summed E-state index contributed by atoms with van der Waals surface area (Å²) in [6.45, 7) is 4.14. The zero-order valence-corrected chi connectivity index (χ0v) is 11.9.